The van der Waals surface area contributed by atoms with Crippen LogP contribution in [0.15, 0.2) is 23.6 Å². The molecule has 0 amide bonds. The molecule has 0 unspecified atom stereocenters. The number of aryl methyl sites for hydroxylation is 1. The summed E-state index contributed by atoms with van der Waals surface area (Å²) >= 11 is 0. The molecule has 0 fully saturated rings. The van der Waals surface area contributed by atoms with Gasteiger partial charge in [-0.2, -0.15) is 0 Å². The Morgan fingerprint density at radius 1 is 1.35 bits per heavy atom. The van der Waals surface area contributed by atoms with E-state index in [1.165, 1.54) is 6.07 Å². The molecule has 1 aromatic carbocycles. The van der Waals surface area contributed by atoms with E-state index in [1.54, 1.807) is 19.9 Å². The van der Waals surface area contributed by atoms with E-state index in [0.717, 1.165) is 11.1 Å². The standard InChI is InChI=1S/C12H17NO3S/c1-5-6-16-12-8(2)7-11(17(13,14)15)9(3)10(12)4/h5,7H,1,6H2,2-4H3,(H2,13,14,15). The highest BCUT2D eigenvalue weighted by atomic mass is 32.2. The van der Waals surface area contributed by atoms with Gasteiger partial charge in [0.25, 0.3) is 0 Å². The smallest absolute Gasteiger partial charge is 0.238 e. The van der Waals surface area contributed by atoms with Crippen molar-refractivity contribution in [3.05, 3.63) is 35.4 Å². The lowest BCUT2D eigenvalue weighted by Gasteiger charge is -2.15. The summed E-state index contributed by atoms with van der Waals surface area (Å²) in [6.07, 6.45) is 1.64. The van der Waals surface area contributed by atoms with Crippen LogP contribution in [0.1, 0.15) is 16.7 Å². The van der Waals surface area contributed by atoms with Crippen LogP contribution in [0.2, 0.25) is 0 Å². The molecule has 0 spiro atoms. The molecule has 1 aromatic rings. The van der Waals surface area contributed by atoms with Crippen molar-refractivity contribution in [2.45, 2.75) is 25.7 Å². The van der Waals surface area contributed by atoms with Crippen molar-refractivity contribution in [1.29, 1.82) is 0 Å². The van der Waals surface area contributed by atoms with Gasteiger partial charge >= 0.3 is 0 Å². The predicted molar refractivity (Wildman–Crippen MR) is 67.7 cm³/mol. The van der Waals surface area contributed by atoms with Crippen LogP contribution in [0.25, 0.3) is 0 Å². The van der Waals surface area contributed by atoms with Crippen LogP contribution < -0.4 is 9.88 Å². The minimum Gasteiger partial charge on any atom is -0.489 e. The first-order valence-electron chi connectivity index (χ1n) is 5.16. The molecule has 0 saturated heterocycles. The summed E-state index contributed by atoms with van der Waals surface area (Å²) in [6, 6.07) is 1.54. The molecule has 0 saturated carbocycles. The lowest BCUT2D eigenvalue weighted by Crippen LogP contribution is -2.15. The van der Waals surface area contributed by atoms with E-state index in [-0.39, 0.29) is 4.90 Å². The van der Waals surface area contributed by atoms with Gasteiger partial charge in [-0.25, -0.2) is 13.6 Å². The number of ether oxygens (including phenoxy) is 1. The van der Waals surface area contributed by atoms with Gasteiger partial charge < -0.3 is 4.74 Å². The molecule has 94 valence electrons. The Kier molecular flexibility index (Phi) is 3.95. The van der Waals surface area contributed by atoms with Gasteiger partial charge in [-0.15, -0.1) is 0 Å². The second-order valence-electron chi connectivity index (χ2n) is 3.92. The number of primary sulfonamides is 1. The fraction of sp³-hybridized carbons (Fsp3) is 0.333. The summed E-state index contributed by atoms with van der Waals surface area (Å²) in [5, 5.41) is 5.16. The number of benzene rings is 1. The Hall–Kier alpha value is -1.33. The van der Waals surface area contributed by atoms with Crippen LogP contribution in [0, 0.1) is 20.8 Å². The van der Waals surface area contributed by atoms with Crippen LogP contribution in [0.5, 0.6) is 5.75 Å². The Labute approximate surface area is 102 Å². The molecule has 5 heteroatoms. The van der Waals surface area contributed by atoms with E-state index in [2.05, 4.69) is 6.58 Å². The van der Waals surface area contributed by atoms with Crippen molar-refractivity contribution in [3.8, 4) is 5.75 Å². The summed E-state index contributed by atoms with van der Waals surface area (Å²) in [4.78, 5) is 0.151. The number of rotatable bonds is 4. The van der Waals surface area contributed by atoms with Crippen molar-refractivity contribution in [1.82, 2.24) is 0 Å². The van der Waals surface area contributed by atoms with E-state index in [0.29, 0.717) is 17.9 Å². The number of nitrogens with two attached hydrogens (primary N) is 1. The zero-order valence-corrected chi connectivity index (χ0v) is 11.1. The van der Waals surface area contributed by atoms with Gasteiger partial charge in [-0.1, -0.05) is 12.7 Å². The van der Waals surface area contributed by atoms with Gasteiger partial charge in [0.05, 0.1) is 4.90 Å². The molecule has 0 atom stereocenters. The van der Waals surface area contributed by atoms with E-state index < -0.39 is 10.0 Å². The minimum absolute atomic E-state index is 0.151. The molecule has 0 radical (unpaired) electrons. The van der Waals surface area contributed by atoms with Crippen molar-refractivity contribution < 1.29 is 13.2 Å². The maximum atomic E-state index is 11.4. The van der Waals surface area contributed by atoms with Crippen LogP contribution in [-0.4, -0.2) is 15.0 Å². The molecule has 0 aliphatic carbocycles. The Morgan fingerprint density at radius 3 is 2.41 bits per heavy atom. The van der Waals surface area contributed by atoms with Gasteiger partial charge in [0, 0.05) is 0 Å². The fourth-order valence-electron chi connectivity index (χ4n) is 1.68. The van der Waals surface area contributed by atoms with Crippen molar-refractivity contribution in [2.75, 3.05) is 6.61 Å². The van der Waals surface area contributed by atoms with E-state index in [4.69, 9.17) is 9.88 Å². The highest BCUT2D eigenvalue weighted by molar-refractivity contribution is 7.89. The zero-order valence-electron chi connectivity index (χ0n) is 10.3. The first kappa shape index (κ1) is 13.7. The van der Waals surface area contributed by atoms with Crippen LogP contribution >= 0.6 is 0 Å². The SMILES string of the molecule is C=CCOc1c(C)cc(S(N)(=O)=O)c(C)c1C. The molecule has 0 bridgehead atoms. The third-order valence-electron chi connectivity index (χ3n) is 2.63. The Balaban J connectivity index is 3.42. The van der Waals surface area contributed by atoms with E-state index in [9.17, 15) is 8.42 Å². The topological polar surface area (TPSA) is 69.4 Å². The zero-order chi connectivity index (χ0) is 13.2. The number of sulfonamides is 1. The molecule has 17 heavy (non-hydrogen) atoms. The average Bonchev–Trinajstić information content (AvgIpc) is 2.22. The molecule has 4 nitrogen and oxygen atoms in total. The second-order valence-corrected chi connectivity index (χ2v) is 5.45. The normalized spacial score (nSPS) is 11.3. The largest absolute Gasteiger partial charge is 0.489 e. The Morgan fingerprint density at radius 2 is 1.94 bits per heavy atom. The average molecular weight is 255 g/mol. The third kappa shape index (κ3) is 2.87. The summed E-state index contributed by atoms with van der Waals surface area (Å²) < 4.78 is 28.3. The third-order valence-corrected chi connectivity index (χ3v) is 3.67. The minimum atomic E-state index is -3.69. The fourth-order valence-corrected chi connectivity index (χ4v) is 2.60. The van der Waals surface area contributed by atoms with Crippen molar-refractivity contribution in [3.63, 3.8) is 0 Å². The summed E-state index contributed by atoms with van der Waals surface area (Å²) in [6.45, 7) is 9.28. The first-order valence-corrected chi connectivity index (χ1v) is 6.71. The maximum absolute atomic E-state index is 11.4. The van der Waals surface area contributed by atoms with Crippen LogP contribution in [-0.2, 0) is 10.0 Å². The highest BCUT2D eigenvalue weighted by Crippen LogP contribution is 2.30. The molecular weight excluding hydrogens is 238 g/mol. The van der Waals surface area contributed by atoms with Gasteiger partial charge in [0.15, 0.2) is 0 Å². The predicted octanol–water partition coefficient (Wildman–Crippen LogP) is 1.82. The summed E-state index contributed by atoms with van der Waals surface area (Å²) in [7, 11) is -3.69. The van der Waals surface area contributed by atoms with Gasteiger partial charge in [-0.3, -0.25) is 0 Å². The van der Waals surface area contributed by atoms with E-state index in [1.807, 2.05) is 6.92 Å². The lowest BCUT2D eigenvalue weighted by molar-refractivity contribution is 0.357. The van der Waals surface area contributed by atoms with Crippen LogP contribution in [0.3, 0.4) is 0 Å². The summed E-state index contributed by atoms with van der Waals surface area (Å²) in [5.41, 5.74) is 2.16. The molecular formula is C12H17NO3S. The monoisotopic (exact) mass is 255 g/mol. The molecule has 1 rings (SSSR count). The first-order chi connectivity index (χ1) is 7.79. The van der Waals surface area contributed by atoms with Crippen molar-refractivity contribution >= 4 is 10.0 Å². The summed E-state index contributed by atoms with van der Waals surface area (Å²) in [5.74, 6) is 0.690. The lowest BCUT2D eigenvalue weighted by atomic mass is 10.1. The number of hydrogen-bond acceptors (Lipinski definition) is 3. The second kappa shape index (κ2) is 4.89. The molecule has 0 heterocycles. The number of hydrogen-bond donors (Lipinski definition) is 1. The van der Waals surface area contributed by atoms with Crippen molar-refractivity contribution in [2.24, 2.45) is 5.14 Å². The Bertz CT molecular complexity index is 547. The maximum Gasteiger partial charge on any atom is 0.238 e. The quantitative estimate of drug-likeness (QED) is 0.834. The van der Waals surface area contributed by atoms with Gasteiger partial charge in [0.2, 0.25) is 10.0 Å². The molecule has 0 aliphatic rings. The van der Waals surface area contributed by atoms with E-state index >= 15 is 0 Å². The molecule has 2 N–H and O–H groups in total. The molecule has 0 aromatic heterocycles. The molecule has 0 aliphatic heterocycles. The van der Waals surface area contributed by atoms with Gasteiger partial charge in [-0.05, 0) is 43.5 Å². The highest BCUT2D eigenvalue weighted by Gasteiger charge is 2.17. The van der Waals surface area contributed by atoms with Crippen LogP contribution in [0.4, 0.5) is 0 Å². The van der Waals surface area contributed by atoms with Gasteiger partial charge in [0.1, 0.15) is 12.4 Å².